The van der Waals surface area contributed by atoms with Gasteiger partial charge in [-0.2, -0.15) is 0 Å². The molecule has 1 fully saturated rings. The molecule has 1 aliphatic rings. The van der Waals surface area contributed by atoms with Crippen molar-refractivity contribution in [1.29, 1.82) is 0 Å². The van der Waals surface area contributed by atoms with Crippen molar-refractivity contribution in [3.63, 3.8) is 0 Å². The van der Waals surface area contributed by atoms with E-state index >= 15 is 0 Å². The van der Waals surface area contributed by atoms with E-state index in [1.54, 1.807) is 12.1 Å². The molecule has 1 heterocycles. The normalized spacial score (nSPS) is 15.1. The van der Waals surface area contributed by atoms with Crippen molar-refractivity contribution in [2.24, 2.45) is 5.92 Å². The molecular formula is C33H45N3O2. The van der Waals surface area contributed by atoms with Crippen LogP contribution in [0.15, 0.2) is 60.8 Å². The second-order valence-corrected chi connectivity index (χ2v) is 11.0. The molecule has 5 nitrogen and oxygen atoms in total. The first-order valence-corrected chi connectivity index (χ1v) is 14.8. The standard InChI is InChI=1S/C33H45N3O2/c1-3-5-17-30(31-23-34-32(36(31)22-6-4-2)28-15-11-8-12-16-28)35(24-26-13-9-7-10-14-26)25-27-18-20-29(21-19-27)33(37)38/h8,11-12,15-16,18-21,23,26,30H,3-7,9-10,13-14,17,22,24-25H2,1-2H3,(H,37,38). The van der Waals surface area contributed by atoms with Gasteiger partial charge in [0.05, 0.1) is 23.5 Å². The van der Waals surface area contributed by atoms with Crippen molar-refractivity contribution in [2.75, 3.05) is 6.54 Å². The fourth-order valence-corrected chi connectivity index (χ4v) is 5.93. The highest BCUT2D eigenvalue weighted by Gasteiger charge is 2.28. The molecular weight excluding hydrogens is 470 g/mol. The molecule has 1 aromatic heterocycles. The lowest BCUT2D eigenvalue weighted by atomic mass is 9.88. The van der Waals surface area contributed by atoms with Crippen LogP contribution >= 0.6 is 0 Å². The summed E-state index contributed by atoms with van der Waals surface area (Å²) in [6.45, 7) is 7.41. The van der Waals surface area contributed by atoms with Crippen LogP contribution in [0.25, 0.3) is 11.4 Å². The van der Waals surface area contributed by atoms with Crippen LogP contribution in [0.3, 0.4) is 0 Å². The number of unbranched alkanes of at least 4 members (excludes halogenated alkanes) is 2. The Bertz CT molecular complexity index is 1120. The Labute approximate surface area is 228 Å². The van der Waals surface area contributed by atoms with E-state index in [9.17, 15) is 9.90 Å². The van der Waals surface area contributed by atoms with Crippen LogP contribution in [0, 0.1) is 5.92 Å². The summed E-state index contributed by atoms with van der Waals surface area (Å²) in [4.78, 5) is 19.1. The second kappa shape index (κ2) is 14.3. The van der Waals surface area contributed by atoms with Crippen molar-refractivity contribution in [3.8, 4) is 11.4 Å². The highest BCUT2D eigenvalue weighted by Crippen LogP contribution is 2.35. The third-order valence-electron chi connectivity index (χ3n) is 8.07. The van der Waals surface area contributed by atoms with Gasteiger partial charge in [-0.15, -0.1) is 0 Å². The summed E-state index contributed by atoms with van der Waals surface area (Å²) in [5.74, 6) is 0.912. The molecule has 1 aliphatic carbocycles. The monoisotopic (exact) mass is 515 g/mol. The molecule has 0 aliphatic heterocycles. The molecule has 5 heteroatoms. The number of carboxylic acid groups (broad SMARTS) is 1. The van der Waals surface area contributed by atoms with E-state index in [4.69, 9.17) is 4.98 Å². The van der Waals surface area contributed by atoms with Crippen LogP contribution in [0.5, 0.6) is 0 Å². The molecule has 0 spiro atoms. The number of nitrogens with zero attached hydrogens (tertiary/aromatic N) is 3. The van der Waals surface area contributed by atoms with Gasteiger partial charge in [0.2, 0.25) is 0 Å². The minimum atomic E-state index is -0.871. The molecule has 1 saturated carbocycles. The average Bonchev–Trinajstić information content (AvgIpc) is 3.37. The predicted octanol–water partition coefficient (Wildman–Crippen LogP) is 8.36. The van der Waals surface area contributed by atoms with Crippen LogP contribution in [0.2, 0.25) is 0 Å². The molecule has 0 amide bonds. The minimum absolute atomic E-state index is 0.276. The third kappa shape index (κ3) is 7.35. The Morgan fingerprint density at radius 2 is 1.71 bits per heavy atom. The molecule has 0 radical (unpaired) electrons. The van der Waals surface area contributed by atoms with Gasteiger partial charge in [-0.1, -0.05) is 94.8 Å². The Morgan fingerprint density at radius 1 is 1.00 bits per heavy atom. The lowest BCUT2D eigenvalue weighted by Crippen LogP contribution is -2.35. The number of aromatic nitrogens is 2. The van der Waals surface area contributed by atoms with Crippen LogP contribution in [-0.2, 0) is 13.1 Å². The largest absolute Gasteiger partial charge is 0.478 e. The zero-order valence-electron chi connectivity index (χ0n) is 23.3. The average molecular weight is 516 g/mol. The molecule has 1 N–H and O–H groups in total. The molecule has 2 aromatic carbocycles. The van der Waals surface area contributed by atoms with Gasteiger partial charge in [-0.05, 0) is 49.3 Å². The maximum Gasteiger partial charge on any atom is 0.335 e. The molecule has 4 rings (SSSR count). The lowest BCUT2D eigenvalue weighted by Gasteiger charge is -2.36. The van der Waals surface area contributed by atoms with E-state index in [1.165, 1.54) is 55.3 Å². The predicted molar refractivity (Wildman–Crippen MR) is 155 cm³/mol. The first-order chi connectivity index (χ1) is 18.6. The fourth-order valence-electron chi connectivity index (χ4n) is 5.93. The maximum atomic E-state index is 11.4. The number of benzene rings is 2. The summed E-state index contributed by atoms with van der Waals surface area (Å²) >= 11 is 0. The van der Waals surface area contributed by atoms with Crippen molar-refractivity contribution in [1.82, 2.24) is 14.5 Å². The number of rotatable bonds is 14. The van der Waals surface area contributed by atoms with Gasteiger partial charge in [0.15, 0.2) is 0 Å². The van der Waals surface area contributed by atoms with Gasteiger partial charge in [0.25, 0.3) is 0 Å². The smallest absolute Gasteiger partial charge is 0.335 e. The quantitative estimate of drug-likeness (QED) is 0.234. The minimum Gasteiger partial charge on any atom is -0.478 e. The second-order valence-electron chi connectivity index (χ2n) is 11.0. The van der Waals surface area contributed by atoms with Crippen molar-refractivity contribution in [2.45, 2.75) is 97.2 Å². The van der Waals surface area contributed by atoms with Gasteiger partial charge in [-0.25, -0.2) is 9.78 Å². The molecule has 3 aromatic rings. The third-order valence-corrected chi connectivity index (χ3v) is 8.07. The SMILES string of the molecule is CCCCC(c1cnc(-c2ccccc2)n1CCCC)N(Cc1ccc(C(=O)O)cc1)CC1CCCCC1. The molecule has 38 heavy (non-hydrogen) atoms. The number of imidazole rings is 1. The van der Waals surface area contributed by atoms with Crippen molar-refractivity contribution >= 4 is 5.97 Å². The maximum absolute atomic E-state index is 11.4. The summed E-state index contributed by atoms with van der Waals surface area (Å²) in [6.07, 6.45) is 14.5. The highest BCUT2D eigenvalue weighted by molar-refractivity contribution is 5.87. The Kier molecular flexibility index (Phi) is 10.6. The summed E-state index contributed by atoms with van der Waals surface area (Å²) in [6, 6.07) is 18.4. The number of hydrogen-bond donors (Lipinski definition) is 1. The van der Waals surface area contributed by atoms with E-state index in [1.807, 2.05) is 12.1 Å². The number of hydrogen-bond acceptors (Lipinski definition) is 3. The molecule has 1 atom stereocenters. The van der Waals surface area contributed by atoms with Gasteiger partial charge in [0, 0.05) is 25.2 Å². The Morgan fingerprint density at radius 3 is 2.37 bits per heavy atom. The topological polar surface area (TPSA) is 58.4 Å². The summed E-state index contributed by atoms with van der Waals surface area (Å²) in [7, 11) is 0. The van der Waals surface area contributed by atoms with Crippen LogP contribution in [0.4, 0.5) is 0 Å². The van der Waals surface area contributed by atoms with Crippen LogP contribution < -0.4 is 0 Å². The fraction of sp³-hybridized carbons (Fsp3) is 0.515. The van der Waals surface area contributed by atoms with Gasteiger partial charge >= 0.3 is 5.97 Å². The van der Waals surface area contributed by atoms with E-state index in [2.05, 4.69) is 59.8 Å². The molecule has 204 valence electrons. The lowest BCUT2D eigenvalue weighted by molar-refractivity contribution is 0.0697. The van der Waals surface area contributed by atoms with Crippen molar-refractivity contribution in [3.05, 3.63) is 77.6 Å². The molecule has 0 bridgehead atoms. The number of carbonyl (C=O) groups is 1. The Balaban J connectivity index is 1.72. The first kappa shape index (κ1) is 28.1. The summed E-state index contributed by atoms with van der Waals surface area (Å²) in [5, 5.41) is 9.39. The van der Waals surface area contributed by atoms with Crippen LogP contribution in [0.1, 0.15) is 106 Å². The number of aromatic carboxylic acids is 1. The van der Waals surface area contributed by atoms with E-state index in [0.29, 0.717) is 11.5 Å². The Hall–Kier alpha value is -2.92. The van der Waals surface area contributed by atoms with Gasteiger partial charge < -0.3 is 9.67 Å². The van der Waals surface area contributed by atoms with Crippen LogP contribution in [-0.4, -0.2) is 32.1 Å². The summed E-state index contributed by atoms with van der Waals surface area (Å²) < 4.78 is 2.49. The van der Waals surface area contributed by atoms with Gasteiger partial charge in [-0.3, -0.25) is 4.90 Å². The number of carboxylic acids is 1. The zero-order valence-corrected chi connectivity index (χ0v) is 23.3. The zero-order chi connectivity index (χ0) is 26.7. The molecule has 1 unspecified atom stereocenters. The summed E-state index contributed by atoms with van der Waals surface area (Å²) in [5.41, 5.74) is 4.02. The first-order valence-electron chi connectivity index (χ1n) is 14.8. The van der Waals surface area contributed by atoms with E-state index in [0.717, 1.165) is 51.1 Å². The highest BCUT2D eigenvalue weighted by atomic mass is 16.4. The van der Waals surface area contributed by atoms with Gasteiger partial charge in [0.1, 0.15) is 5.82 Å². The van der Waals surface area contributed by atoms with E-state index in [-0.39, 0.29) is 6.04 Å². The van der Waals surface area contributed by atoms with E-state index < -0.39 is 5.97 Å². The van der Waals surface area contributed by atoms with Crippen molar-refractivity contribution < 1.29 is 9.90 Å². The molecule has 0 saturated heterocycles.